The normalized spacial score (nSPS) is 18.6. The van der Waals surface area contributed by atoms with E-state index in [4.69, 9.17) is 9.84 Å². The number of rotatable bonds is 5. The maximum atomic E-state index is 11.7. The molecule has 2 amide bonds. The molecular weight excluding hydrogens is 244 g/mol. The summed E-state index contributed by atoms with van der Waals surface area (Å²) in [5.74, 6) is 0.872. The van der Waals surface area contributed by atoms with Crippen molar-refractivity contribution < 1.29 is 14.6 Å². The van der Waals surface area contributed by atoms with Gasteiger partial charge in [-0.1, -0.05) is 13.0 Å². The SMILES string of the molecule is CCc1cc(C2CNC(=O)N2CCO)ccc1OC. The summed E-state index contributed by atoms with van der Waals surface area (Å²) in [4.78, 5) is 13.4. The smallest absolute Gasteiger partial charge is 0.318 e. The van der Waals surface area contributed by atoms with Crippen molar-refractivity contribution in [2.45, 2.75) is 19.4 Å². The number of hydrogen-bond donors (Lipinski definition) is 2. The molecule has 5 heteroatoms. The molecule has 5 nitrogen and oxygen atoms in total. The van der Waals surface area contributed by atoms with Gasteiger partial charge in [0.05, 0.1) is 19.8 Å². The van der Waals surface area contributed by atoms with Gasteiger partial charge in [-0.05, 0) is 29.7 Å². The number of benzene rings is 1. The van der Waals surface area contributed by atoms with Gasteiger partial charge in [-0.2, -0.15) is 0 Å². The molecule has 1 aromatic carbocycles. The zero-order valence-corrected chi connectivity index (χ0v) is 11.3. The number of hydrogen-bond acceptors (Lipinski definition) is 3. The van der Waals surface area contributed by atoms with Crippen molar-refractivity contribution in [3.63, 3.8) is 0 Å². The quantitative estimate of drug-likeness (QED) is 0.843. The Labute approximate surface area is 113 Å². The van der Waals surface area contributed by atoms with E-state index >= 15 is 0 Å². The van der Waals surface area contributed by atoms with E-state index < -0.39 is 0 Å². The minimum Gasteiger partial charge on any atom is -0.496 e. The lowest BCUT2D eigenvalue weighted by atomic mass is 10.0. The van der Waals surface area contributed by atoms with E-state index in [2.05, 4.69) is 18.3 Å². The molecule has 19 heavy (non-hydrogen) atoms. The highest BCUT2D eigenvalue weighted by Gasteiger charge is 2.31. The number of amides is 2. The summed E-state index contributed by atoms with van der Waals surface area (Å²) >= 11 is 0. The van der Waals surface area contributed by atoms with Gasteiger partial charge >= 0.3 is 6.03 Å². The molecule has 1 saturated heterocycles. The molecule has 0 bridgehead atoms. The van der Waals surface area contributed by atoms with Crippen molar-refractivity contribution in [3.8, 4) is 5.75 Å². The van der Waals surface area contributed by atoms with Crippen molar-refractivity contribution in [2.24, 2.45) is 0 Å². The van der Waals surface area contributed by atoms with E-state index in [1.807, 2.05) is 12.1 Å². The predicted molar refractivity (Wildman–Crippen MR) is 72.3 cm³/mol. The van der Waals surface area contributed by atoms with E-state index in [1.165, 1.54) is 0 Å². The van der Waals surface area contributed by atoms with Crippen LogP contribution in [0.4, 0.5) is 4.79 Å². The summed E-state index contributed by atoms with van der Waals surface area (Å²) in [6.45, 7) is 2.98. The fraction of sp³-hybridized carbons (Fsp3) is 0.500. The number of nitrogens with one attached hydrogen (secondary N) is 1. The van der Waals surface area contributed by atoms with Crippen LogP contribution in [0.25, 0.3) is 0 Å². The van der Waals surface area contributed by atoms with Crippen LogP contribution in [0.2, 0.25) is 0 Å². The van der Waals surface area contributed by atoms with Gasteiger partial charge in [0, 0.05) is 13.1 Å². The molecule has 1 heterocycles. The zero-order valence-electron chi connectivity index (χ0n) is 11.3. The van der Waals surface area contributed by atoms with Gasteiger partial charge < -0.3 is 20.1 Å². The van der Waals surface area contributed by atoms with E-state index in [-0.39, 0.29) is 18.7 Å². The molecule has 0 aliphatic carbocycles. The number of aliphatic hydroxyl groups excluding tert-OH is 1. The summed E-state index contributed by atoms with van der Waals surface area (Å²) in [5.41, 5.74) is 2.20. The number of carbonyl (C=O) groups excluding carboxylic acids is 1. The molecule has 1 aliphatic heterocycles. The third-order valence-corrected chi connectivity index (χ3v) is 3.49. The predicted octanol–water partition coefficient (Wildman–Crippen LogP) is 1.32. The fourth-order valence-corrected chi connectivity index (χ4v) is 2.48. The lowest BCUT2D eigenvalue weighted by Crippen LogP contribution is -2.32. The number of aryl methyl sites for hydroxylation is 1. The van der Waals surface area contributed by atoms with Crippen molar-refractivity contribution in [2.75, 3.05) is 26.8 Å². The van der Waals surface area contributed by atoms with Gasteiger partial charge in [-0.3, -0.25) is 0 Å². The van der Waals surface area contributed by atoms with Crippen LogP contribution >= 0.6 is 0 Å². The first-order valence-electron chi connectivity index (χ1n) is 6.53. The first-order valence-corrected chi connectivity index (χ1v) is 6.53. The van der Waals surface area contributed by atoms with Crippen LogP contribution in [0.1, 0.15) is 24.1 Å². The lowest BCUT2D eigenvalue weighted by Gasteiger charge is -2.23. The van der Waals surface area contributed by atoms with E-state index in [0.29, 0.717) is 13.1 Å². The van der Waals surface area contributed by atoms with Gasteiger partial charge in [0.15, 0.2) is 0 Å². The largest absolute Gasteiger partial charge is 0.496 e. The third-order valence-electron chi connectivity index (χ3n) is 3.49. The Morgan fingerprint density at radius 3 is 2.95 bits per heavy atom. The Kier molecular flexibility index (Phi) is 4.27. The Bertz CT molecular complexity index is 462. The van der Waals surface area contributed by atoms with Crippen molar-refractivity contribution in [1.82, 2.24) is 10.2 Å². The zero-order chi connectivity index (χ0) is 13.8. The molecule has 104 valence electrons. The molecule has 1 fully saturated rings. The van der Waals surface area contributed by atoms with Crippen LogP contribution in [0.3, 0.4) is 0 Å². The van der Waals surface area contributed by atoms with Crippen molar-refractivity contribution >= 4 is 6.03 Å². The molecule has 1 aromatic rings. The molecule has 0 spiro atoms. The molecule has 2 N–H and O–H groups in total. The minimum absolute atomic E-state index is 0.0177. The highest BCUT2D eigenvalue weighted by Crippen LogP contribution is 2.28. The molecule has 1 aliphatic rings. The van der Waals surface area contributed by atoms with Gasteiger partial charge in [-0.15, -0.1) is 0 Å². The van der Waals surface area contributed by atoms with Gasteiger partial charge in [0.1, 0.15) is 5.75 Å². The topological polar surface area (TPSA) is 61.8 Å². The second-order valence-corrected chi connectivity index (χ2v) is 4.54. The Balaban J connectivity index is 2.28. The lowest BCUT2D eigenvalue weighted by molar-refractivity contribution is 0.179. The summed E-state index contributed by atoms with van der Waals surface area (Å²) in [6, 6.07) is 5.86. The van der Waals surface area contributed by atoms with E-state index in [0.717, 1.165) is 23.3 Å². The van der Waals surface area contributed by atoms with Gasteiger partial charge in [0.2, 0.25) is 0 Å². The maximum absolute atomic E-state index is 11.7. The van der Waals surface area contributed by atoms with Crippen LogP contribution < -0.4 is 10.1 Å². The summed E-state index contributed by atoms with van der Waals surface area (Å²) in [5, 5.41) is 11.9. The number of β-amino-alcohol motifs (C(OH)–C–C–N with tert-alkyl or cyclic N) is 1. The maximum Gasteiger partial charge on any atom is 0.318 e. The van der Waals surface area contributed by atoms with Gasteiger partial charge in [0.25, 0.3) is 0 Å². The van der Waals surface area contributed by atoms with Crippen molar-refractivity contribution in [3.05, 3.63) is 29.3 Å². The molecule has 0 aromatic heterocycles. The van der Waals surface area contributed by atoms with Crippen molar-refractivity contribution in [1.29, 1.82) is 0 Å². The summed E-state index contributed by atoms with van der Waals surface area (Å²) in [7, 11) is 1.66. The van der Waals surface area contributed by atoms with Gasteiger partial charge in [-0.25, -0.2) is 4.79 Å². The summed E-state index contributed by atoms with van der Waals surface area (Å²) in [6.07, 6.45) is 0.880. The molecule has 1 atom stereocenters. The molecular formula is C14H20N2O3. The Morgan fingerprint density at radius 2 is 2.32 bits per heavy atom. The number of carbonyl (C=O) groups is 1. The van der Waals surface area contributed by atoms with E-state index in [9.17, 15) is 4.79 Å². The Hall–Kier alpha value is -1.75. The number of ether oxygens (including phenoxy) is 1. The second-order valence-electron chi connectivity index (χ2n) is 4.54. The van der Waals surface area contributed by atoms with Crippen LogP contribution in [0.15, 0.2) is 18.2 Å². The molecule has 1 unspecified atom stereocenters. The van der Waals surface area contributed by atoms with Crippen LogP contribution in [0.5, 0.6) is 5.75 Å². The standard InChI is InChI=1S/C14H20N2O3/c1-3-10-8-11(4-5-13(10)19-2)12-9-15-14(18)16(12)6-7-17/h4-5,8,12,17H,3,6-7,9H2,1-2H3,(H,15,18). The number of urea groups is 1. The second kappa shape index (κ2) is 5.93. The highest BCUT2D eigenvalue weighted by molar-refractivity contribution is 5.77. The Morgan fingerprint density at radius 1 is 1.53 bits per heavy atom. The third kappa shape index (κ3) is 2.66. The highest BCUT2D eigenvalue weighted by atomic mass is 16.5. The average molecular weight is 264 g/mol. The summed E-state index contributed by atoms with van der Waals surface area (Å²) < 4.78 is 5.31. The monoisotopic (exact) mass is 264 g/mol. The average Bonchev–Trinajstić information content (AvgIpc) is 2.80. The van der Waals surface area contributed by atoms with E-state index in [1.54, 1.807) is 12.0 Å². The first-order chi connectivity index (χ1) is 9.21. The van der Waals surface area contributed by atoms with Crippen LogP contribution in [0, 0.1) is 0 Å². The number of nitrogens with zero attached hydrogens (tertiary/aromatic N) is 1. The minimum atomic E-state index is -0.118. The number of methoxy groups -OCH3 is 1. The van der Waals surface area contributed by atoms with Crippen LogP contribution in [-0.4, -0.2) is 42.8 Å². The molecule has 0 saturated carbocycles. The first kappa shape index (κ1) is 13.7. The molecule has 2 rings (SSSR count). The molecule has 0 radical (unpaired) electrons. The van der Waals surface area contributed by atoms with Crippen LogP contribution in [-0.2, 0) is 6.42 Å². The number of aliphatic hydroxyl groups is 1. The fourth-order valence-electron chi connectivity index (χ4n) is 2.48.